The summed E-state index contributed by atoms with van der Waals surface area (Å²) in [5.74, 6) is 5.77. The largest absolute Gasteiger partial charge is 0.395 e. The van der Waals surface area contributed by atoms with Gasteiger partial charge in [0.15, 0.2) is 0 Å². The van der Waals surface area contributed by atoms with Crippen LogP contribution in [0.25, 0.3) is 0 Å². The van der Waals surface area contributed by atoms with Crippen molar-refractivity contribution in [1.29, 1.82) is 0 Å². The number of carbonyl (C=O) groups is 1. The Morgan fingerprint density at radius 1 is 1.52 bits per heavy atom. The Labute approximate surface area is 125 Å². The van der Waals surface area contributed by atoms with Crippen LogP contribution in [0.15, 0.2) is 18.2 Å². The number of anilines is 1. The van der Waals surface area contributed by atoms with Crippen LogP contribution in [0.3, 0.4) is 0 Å². The Hall–Kier alpha value is -1.83. The highest BCUT2D eigenvalue weighted by Gasteiger charge is 2.30. The van der Waals surface area contributed by atoms with Crippen molar-refractivity contribution in [2.24, 2.45) is 5.92 Å². The molecule has 0 bridgehead atoms. The predicted octanol–water partition coefficient (Wildman–Crippen LogP) is 2.09. The molecule has 2 atom stereocenters. The molecule has 1 saturated heterocycles. The summed E-state index contributed by atoms with van der Waals surface area (Å²) in [6, 6.07) is 5.72. The lowest BCUT2D eigenvalue weighted by Gasteiger charge is -2.15. The molecule has 2 N–H and O–H groups in total. The van der Waals surface area contributed by atoms with E-state index in [0.717, 1.165) is 23.2 Å². The Kier molecular flexibility index (Phi) is 5.38. The number of hydrogen-bond acceptors (Lipinski definition) is 3. The number of amides is 1. The zero-order valence-electron chi connectivity index (χ0n) is 12.5. The van der Waals surface area contributed by atoms with Crippen LogP contribution >= 0.6 is 0 Å². The molecule has 1 aliphatic rings. The second-order valence-corrected chi connectivity index (χ2v) is 5.27. The summed E-state index contributed by atoms with van der Waals surface area (Å²) in [5.41, 5.74) is 2.62. The number of aliphatic hydroxyl groups excluding tert-OH is 1. The molecule has 1 heterocycles. The average Bonchev–Trinajstić information content (AvgIpc) is 2.89. The van der Waals surface area contributed by atoms with Crippen molar-refractivity contribution < 1.29 is 14.6 Å². The summed E-state index contributed by atoms with van der Waals surface area (Å²) in [6.45, 7) is 4.59. The van der Waals surface area contributed by atoms with E-state index in [0.29, 0.717) is 13.0 Å². The van der Waals surface area contributed by atoms with Crippen molar-refractivity contribution >= 4 is 11.6 Å². The molecule has 2 rings (SSSR count). The standard InChI is InChI=1S/C17H21NO3/c1-12-6-7-14(5-3-4-9-19)11-16(12)18-17(20)15-8-10-21-13(15)2/h6-7,11,13,15,19H,4,8-10H2,1-2H3,(H,18,20). The van der Waals surface area contributed by atoms with Crippen molar-refractivity contribution in [1.82, 2.24) is 0 Å². The maximum absolute atomic E-state index is 12.3. The molecule has 1 aliphatic heterocycles. The number of aliphatic hydroxyl groups is 1. The highest BCUT2D eigenvalue weighted by Crippen LogP contribution is 2.24. The second-order valence-electron chi connectivity index (χ2n) is 5.27. The second kappa shape index (κ2) is 7.26. The summed E-state index contributed by atoms with van der Waals surface area (Å²) >= 11 is 0. The third-order valence-electron chi connectivity index (χ3n) is 3.68. The van der Waals surface area contributed by atoms with Crippen molar-refractivity contribution in [3.63, 3.8) is 0 Å². The van der Waals surface area contributed by atoms with Gasteiger partial charge in [0.2, 0.25) is 5.91 Å². The molecule has 1 aromatic carbocycles. The molecule has 0 spiro atoms. The minimum atomic E-state index is -0.0893. The normalized spacial score (nSPS) is 20.7. The van der Waals surface area contributed by atoms with Crippen LogP contribution < -0.4 is 5.32 Å². The minimum Gasteiger partial charge on any atom is -0.395 e. The Balaban J connectivity index is 2.10. The molecule has 1 fully saturated rings. The van der Waals surface area contributed by atoms with Crippen molar-refractivity contribution in [3.8, 4) is 11.8 Å². The molecule has 1 aromatic rings. The van der Waals surface area contributed by atoms with Gasteiger partial charge in [-0.2, -0.15) is 0 Å². The van der Waals surface area contributed by atoms with Crippen LogP contribution in [-0.4, -0.2) is 30.3 Å². The summed E-state index contributed by atoms with van der Waals surface area (Å²) in [7, 11) is 0. The first-order valence-electron chi connectivity index (χ1n) is 7.24. The number of hydrogen-bond donors (Lipinski definition) is 2. The molecular formula is C17H21NO3. The Bertz CT molecular complexity index is 571. The van der Waals surface area contributed by atoms with Gasteiger partial charge in [0.25, 0.3) is 0 Å². The zero-order chi connectivity index (χ0) is 15.2. The van der Waals surface area contributed by atoms with Crippen LogP contribution in [0.2, 0.25) is 0 Å². The highest BCUT2D eigenvalue weighted by atomic mass is 16.5. The van der Waals surface area contributed by atoms with Crippen LogP contribution in [0.1, 0.15) is 30.9 Å². The number of aryl methyl sites for hydroxylation is 1. The fourth-order valence-electron chi connectivity index (χ4n) is 2.36. The molecule has 0 aliphatic carbocycles. The number of ether oxygens (including phenoxy) is 1. The number of carbonyl (C=O) groups excluding carboxylic acids is 1. The molecule has 112 valence electrons. The maximum atomic E-state index is 12.3. The van der Waals surface area contributed by atoms with E-state index in [1.807, 2.05) is 32.0 Å². The van der Waals surface area contributed by atoms with Gasteiger partial charge in [-0.3, -0.25) is 4.79 Å². The zero-order valence-corrected chi connectivity index (χ0v) is 12.5. The topological polar surface area (TPSA) is 58.6 Å². The fourth-order valence-corrected chi connectivity index (χ4v) is 2.36. The highest BCUT2D eigenvalue weighted by molar-refractivity contribution is 5.94. The summed E-state index contributed by atoms with van der Waals surface area (Å²) < 4.78 is 5.44. The molecule has 4 nitrogen and oxygen atoms in total. The SMILES string of the molecule is Cc1ccc(C#CCCO)cc1NC(=O)C1CCOC1C. The van der Waals surface area contributed by atoms with E-state index in [-0.39, 0.29) is 24.5 Å². The van der Waals surface area contributed by atoms with Gasteiger partial charge in [0, 0.05) is 24.3 Å². The molecule has 0 saturated carbocycles. The molecule has 4 heteroatoms. The number of benzene rings is 1. The number of rotatable bonds is 3. The smallest absolute Gasteiger partial charge is 0.230 e. The first kappa shape index (κ1) is 15.6. The molecule has 0 radical (unpaired) electrons. The van der Waals surface area contributed by atoms with Gasteiger partial charge in [0.05, 0.1) is 18.6 Å². The molecule has 1 amide bonds. The van der Waals surface area contributed by atoms with Crippen LogP contribution in [0, 0.1) is 24.7 Å². The molecular weight excluding hydrogens is 266 g/mol. The predicted molar refractivity (Wildman–Crippen MR) is 81.9 cm³/mol. The van der Waals surface area contributed by atoms with E-state index in [2.05, 4.69) is 17.2 Å². The van der Waals surface area contributed by atoms with Crippen LogP contribution in [0.4, 0.5) is 5.69 Å². The summed E-state index contributed by atoms with van der Waals surface area (Å²) in [6.07, 6.45) is 1.19. The van der Waals surface area contributed by atoms with Crippen molar-refractivity contribution in [2.45, 2.75) is 32.8 Å². The van der Waals surface area contributed by atoms with E-state index in [9.17, 15) is 4.79 Å². The van der Waals surface area contributed by atoms with E-state index in [1.54, 1.807) is 0 Å². The third kappa shape index (κ3) is 4.07. The lowest BCUT2D eigenvalue weighted by atomic mass is 10.0. The van der Waals surface area contributed by atoms with Crippen LogP contribution in [-0.2, 0) is 9.53 Å². The van der Waals surface area contributed by atoms with Crippen molar-refractivity contribution in [3.05, 3.63) is 29.3 Å². The molecule has 21 heavy (non-hydrogen) atoms. The van der Waals surface area contributed by atoms with Crippen LogP contribution in [0.5, 0.6) is 0 Å². The van der Waals surface area contributed by atoms with Crippen molar-refractivity contribution in [2.75, 3.05) is 18.5 Å². The quantitative estimate of drug-likeness (QED) is 0.837. The van der Waals surface area contributed by atoms with E-state index in [1.165, 1.54) is 0 Å². The van der Waals surface area contributed by atoms with Gasteiger partial charge in [-0.1, -0.05) is 17.9 Å². The van der Waals surface area contributed by atoms with Gasteiger partial charge in [-0.25, -0.2) is 0 Å². The average molecular weight is 287 g/mol. The lowest BCUT2D eigenvalue weighted by molar-refractivity contribution is -0.121. The minimum absolute atomic E-state index is 0.00330. The Morgan fingerprint density at radius 2 is 2.33 bits per heavy atom. The van der Waals surface area contributed by atoms with Gasteiger partial charge in [0.1, 0.15) is 0 Å². The van der Waals surface area contributed by atoms with Gasteiger partial charge in [-0.15, -0.1) is 0 Å². The fraction of sp³-hybridized carbons (Fsp3) is 0.471. The maximum Gasteiger partial charge on any atom is 0.230 e. The molecule has 2 unspecified atom stereocenters. The van der Waals surface area contributed by atoms with Gasteiger partial charge in [-0.05, 0) is 38.0 Å². The summed E-state index contributed by atoms with van der Waals surface area (Å²) in [5, 5.41) is 11.7. The number of nitrogens with one attached hydrogen (secondary N) is 1. The first-order chi connectivity index (χ1) is 10.1. The van der Waals surface area contributed by atoms with E-state index in [4.69, 9.17) is 9.84 Å². The summed E-state index contributed by atoms with van der Waals surface area (Å²) in [4.78, 5) is 12.3. The van der Waals surface area contributed by atoms with E-state index < -0.39 is 0 Å². The lowest BCUT2D eigenvalue weighted by Crippen LogP contribution is -2.28. The Morgan fingerprint density at radius 3 is 3.00 bits per heavy atom. The monoisotopic (exact) mass is 287 g/mol. The molecule has 0 aromatic heterocycles. The first-order valence-corrected chi connectivity index (χ1v) is 7.24. The van der Waals surface area contributed by atoms with Gasteiger partial charge >= 0.3 is 0 Å². The third-order valence-corrected chi connectivity index (χ3v) is 3.68. The van der Waals surface area contributed by atoms with E-state index >= 15 is 0 Å². The van der Waals surface area contributed by atoms with Gasteiger partial charge < -0.3 is 15.2 Å².